The summed E-state index contributed by atoms with van der Waals surface area (Å²) in [6, 6.07) is 4.08. The monoisotopic (exact) mass is 330 g/mol. The first-order valence-electron chi connectivity index (χ1n) is 5.81. The zero-order valence-electron chi connectivity index (χ0n) is 10.8. The summed E-state index contributed by atoms with van der Waals surface area (Å²) in [6.45, 7) is 6.91. The van der Waals surface area contributed by atoms with Gasteiger partial charge in [-0.25, -0.2) is 4.39 Å². The minimum absolute atomic E-state index is 0.215. The number of aliphatic hydroxyl groups is 1. The molecule has 3 nitrogen and oxygen atoms in total. The van der Waals surface area contributed by atoms with E-state index in [2.05, 4.69) is 22.5 Å². The summed E-state index contributed by atoms with van der Waals surface area (Å²) >= 11 is 3.05. The number of ether oxygens (including phenoxy) is 1. The summed E-state index contributed by atoms with van der Waals surface area (Å²) in [5, 5.41) is 10.5. The summed E-state index contributed by atoms with van der Waals surface area (Å²) in [6.07, 6.45) is 1.33. The van der Waals surface area contributed by atoms with Crippen molar-refractivity contribution >= 4 is 21.9 Å². The zero-order valence-corrected chi connectivity index (χ0v) is 12.4. The minimum atomic E-state index is -1.52. The molecule has 0 aliphatic carbocycles. The molecular formula is C14H16BrFO3. The predicted octanol–water partition coefficient (Wildman–Crippen LogP) is 3.16. The van der Waals surface area contributed by atoms with Crippen LogP contribution in [0.5, 0.6) is 0 Å². The molecular weight excluding hydrogens is 315 g/mol. The Morgan fingerprint density at radius 1 is 1.68 bits per heavy atom. The molecule has 19 heavy (non-hydrogen) atoms. The number of hydrogen-bond acceptors (Lipinski definition) is 3. The second-order valence-electron chi connectivity index (χ2n) is 4.24. The first-order chi connectivity index (χ1) is 8.84. The van der Waals surface area contributed by atoms with Crippen LogP contribution in [0.2, 0.25) is 0 Å². The Balaban J connectivity index is 3.15. The van der Waals surface area contributed by atoms with E-state index in [0.29, 0.717) is 5.56 Å². The molecule has 0 fully saturated rings. The summed E-state index contributed by atoms with van der Waals surface area (Å²) < 4.78 is 18.3. The van der Waals surface area contributed by atoms with Crippen LogP contribution in [-0.2, 0) is 15.1 Å². The van der Waals surface area contributed by atoms with Gasteiger partial charge in [-0.1, -0.05) is 12.1 Å². The van der Waals surface area contributed by atoms with Crippen LogP contribution in [0.4, 0.5) is 4.39 Å². The molecule has 1 aromatic carbocycles. The Kier molecular flexibility index (Phi) is 5.26. The van der Waals surface area contributed by atoms with E-state index in [1.165, 1.54) is 31.2 Å². The highest BCUT2D eigenvalue weighted by atomic mass is 79.9. The molecule has 0 aliphatic rings. The quantitative estimate of drug-likeness (QED) is 0.666. The lowest BCUT2D eigenvalue weighted by Gasteiger charge is -2.29. The maximum atomic E-state index is 13.2. The Labute approximate surface area is 120 Å². The van der Waals surface area contributed by atoms with Gasteiger partial charge in [-0.2, -0.15) is 0 Å². The fourth-order valence-electron chi connectivity index (χ4n) is 1.78. The van der Waals surface area contributed by atoms with Gasteiger partial charge in [-0.3, -0.25) is 4.79 Å². The molecule has 0 heterocycles. The first kappa shape index (κ1) is 15.9. The van der Waals surface area contributed by atoms with E-state index in [1.807, 2.05) is 0 Å². The van der Waals surface area contributed by atoms with E-state index in [4.69, 9.17) is 4.74 Å². The van der Waals surface area contributed by atoms with Crippen LogP contribution in [0.1, 0.15) is 19.4 Å². The van der Waals surface area contributed by atoms with Gasteiger partial charge in [0.2, 0.25) is 0 Å². The van der Waals surface area contributed by atoms with E-state index in [0.717, 1.165) is 0 Å². The molecule has 0 spiro atoms. The van der Waals surface area contributed by atoms with Crippen molar-refractivity contribution in [2.75, 3.05) is 6.61 Å². The van der Waals surface area contributed by atoms with Crippen molar-refractivity contribution in [1.82, 2.24) is 0 Å². The number of benzene rings is 1. The van der Waals surface area contributed by atoms with E-state index in [-0.39, 0.29) is 11.1 Å². The third kappa shape index (κ3) is 3.42. The second-order valence-corrected chi connectivity index (χ2v) is 5.10. The fraction of sp³-hybridized carbons (Fsp3) is 0.357. The average molecular weight is 331 g/mol. The molecule has 1 N–H and O–H groups in total. The summed E-state index contributed by atoms with van der Waals surface area (Å²) in [5.41, 5.74) is -1.12. The Morgan fingerprint density at radius 3 is 2.79 bits per heavy atom. The van der Waals surface area contributed by atoms with Crippen LogP contribution in [0.25, 0.3) is 0 Å². The van der Waals surface area contributed by atoms with Gasteiger partial charge in [-0.05, 0) is 47.5 Å². The molecule has 0 bridgehead atoms. The lowest BCUT2D eigenvalue weighted by molar-refractivity contribution is -0.154. The van der Waals surface area contributed by atoms with Crippen molar-refractivity contribution in [3.8, 4) is 0 Å². The van der Waals surface area contributed by atoms with E-state index in [9.17, 15) is 14.3 Å². The van der Waals surface area contributed by atoms with Gasteiger partial charge in [0.1, 0.15) is 17.3 Å². The van der Waals surface area contributed by atoms with Crippen molar-refractivity contribution in [1.29, 1.82) is 0 Å². The van der Waals surface area contributed by atoms with Crippen molar-refractivity contribution in [2.24, 2.45) is 5.92 Å². The molecule has 0 amide bonds. The van der Waals surface area contributed by atoms with Crippen LogP contribution >= 0.6 is 15.9 Å². The molecule has 0 aromatic heterocycles. The minimum Gasteiger partial charge on any atom is -0.465 e. The molecule has 0 aliphatic heterocycles. The summed E-state index contributed by atoms with van der Waals surface area (Å²) in [4.78, 5) is 11.8. The predicted molar refractivity (Wildman–Crippen MR) is 74.0 cm³/mol. The van der Waals surface area contributed by atoms with Crippen molar-refractivity contribution < 1.29 is 19.0 Å². The van der Waals surface area contributed by atoms with Crippen molar-refractivity contribution in [3.05, 3.63) is 46.7 Å². The lowest BCUT2D eigenvalue weighted by atomic mass is 9.83. The summed E-state index contributed by atoms with van der Waals surface area (Å²) in [7, 11) is 0. The highest BCUT2D eigenvalue weighted by Gasteiger charge is 2.38. The zero-order chi connectivity index (χ0) is 14.6. The number of carbonyl (C=O) groups excluding carboxylic acids is 1. The third-order valence-corrected chi connectivity index (χ3v) is 3.49. The number of hydrogen-bond donors (Lipinski definition) is 1. The number of esters is 1. The van der Waals surface area contributed by atoms with E-state index < -0.39 is 23.3 Å². The number of carbonyl (C=O) groups is 1. The normalized spacial score (nSPS) is 15.4. The topological polar surface area (TPSA) is 46.5 Å². The maximum absolute atomic E-state index is 13.2. The SMILES string of the molecule is C=C[C@@H](C(=O)OCC)[C@@](C)(O)c1ccc(F)c(Br)c1. The Hall–Kier alpha value is -1.20. The average Bonchev–Trinajstić information content (AvgIpc) is 2.33. The Morgan fingerprint density at radius 2 is 2.32 bits per heavy atom. The van der Waals surface area contributed by atoms with Gasteiger partial charge < -0.3 is 9.84 Å². The van der Waals surface area contributed by atoms with Crippen molar-refractivity contribution in [2.45, 2.75) is 19.4 Å². The first-order valence-corrected chi connectivity index (χ1v) is 6.61. The molecule has 1 rings (SSSR count). The largest absolute Gasteiger partial charge is 0.465 e. The highest BCUT2D eigenvalue weighted by molar-refractivity contribution is 9.10. The molecule has 1 aromatic rings. The molecule has 0 radical (unpaired) electrons. The lowest BCUT2D eigenvalue weighted by Crippen LogP contribution is -2.37. The number of rotatable bonds is 5. The van der Waals surface area contributed by atoms with Gasteiger partial charge >= 0.3 is 5.97 Å². The van der Waals surface area contributed by atoms with Crippen LogP contribution in [-0.4, -0.2) is 17.7 Å². The molecule has 2 atom stereocenters. The highest BCUT2D eigenvalue weighted by Crippen LogP contribution is 2.33. The molecule has 0 saturated heterocycles. The standard InChI is InChI=1S/C14H16BrFO3/c1-4-10(13(17)19-5-2)14(3,18)9-6-7-12(16)11(15)8-9/h4,6-8,10,18H,1,5H2,2-3H3/t10-,14-/m0/s1. The van der Waals surface area contributed by atoms with Gasteiger partial charge in [-0.15, -0.1) is 6.58 Å². The maximum Gasteiger partial charge on any atom is 0.316 e. The smallest absolute Gasteiger partial charge is 0.316 e. The van der Waals surface area contributed by atoms with E-state index >= 15 is 0 Å². The molecule has 0 unspecified atom stereocenters. The van der Waals surface area contributed by atoms with Crippen LogP contribution in [0.3, 0.4) is 0 Å². The summed E-state index contributed by atoms with van der Waals surface area (Å²) in [5.74, 6) is -1.93. The van der Waals surface area contributed by atoms with Gasteiger partial charge in [0.15, 0.2) is 0 Å². The third-order valence-electron chi connectivity index (χ3n) is 2.89. The van der Waals surface area contributed by atoms with Gasteiger partial charge in [0.05, 0.1) is 11.1 Å². The van der Waals surface area contributed by atoms with Crippen LogP contribution < -0.4 is 0 Å². The van der Waals surface area contributed by atoms with Gasteiger partial charge in [0, 0.05) is 0 Å². The Bertz CT molecular complexity index is 486. The molecule has 0 saturated carbocycles. The van der Waals surface area contributed by atoms with Crippen molar-refractivity contribution in [3.63, 3.8) is 0 Å². The number of halogens is 2. The second kappa shape index (κ2) is 6.30. The van der Waals surface area contributed by atoms with Crippen LogP contribution in [0, 0.1) is 11.7 Å². The fourth-order valence-corrected chi connectivity index (χ4v) is 2.16. The van der Waals surface area contributed by atoms with E-state index in [1.54, 1.807) is 6.92 Å². The molecule has 104 valence electrons. The van der Waals surface area contributed by atoms with Gasteiger partial charge in [0.25, 0.3) is 0 Å². The van der Waals surface area contributed by atoms with Crippen LogP contribution in [0.15, 0.2) is 35.3 Å². The molecule has 5 heteroatoms.